The molecule has 1 aromatic carbocycles. The average molecular weight is 274 g/mol. The van der Waals surface area contributed by atoms with Crippen molar-refractivity contribution in [1.82, 2.24) is 9.55 Å². The van der Waals surface area contributed by atoms with Crippen LogP contribution in [0.3, 0.4) is 0 Å². The third kappa shape index (κ3) is 3.17. The normalized spacial score (nSPS) is 11.8. The quantitative estimate of drug-likeness (QED) is 0.833. The van der Waals surface area contributed by atoms with Crippen LogP contribution in [0.4, 0.5) is 5.69 Å². The van der Waals surface area contributed by atoms with Gasteiger partial charge < -0.3 is 15.6 Å². The number of carbonyl (C=O) groups excluding carboxylic acids is 1. The number of hydrogen-bond donors (Lipinski definition) is 2. The third-order valence-electron chi connectivity index (χ3n) is 2.79. The first kappa shape index (κ1) is 13.2. The van der Waals surface area contributed by atoms with Crippen LogP contribution in [0.5, 0.6) is 0 Å². The Morgan fingerprint density at radius 3 is 2.63 bits per heavy atom. The Labute approximate surface area is 116 Å². The van der Waals surface area contributed by atoms with Crippen molar-refractivity contribution in [2.24, 2.45) is 5.73 Å². The standard InChI is InChI=1S/C13H14N4OS/c1-9(17-7-6-15-8-17)13(18)16-11-4-2-10(3-5-11)12(14)19/h2-9H,1H3,(H2,14,19)(H,16,18). The van der Waals surface area contributed by atoms with Crippen LogP contribution in [-0.2, 0) is 4.79 Å². The summed E-state index contributed by atoms with van der Waals surface area (Å²) in [6.07, 6.45) is 5.00. The molecule has 0 aliphatic carbocycles. The van der Waals surface area contributed by atoms with E-state index in [1.54, 1.807) is 54.5 Å². The summed E-state index contributed by atoms with van der Waals surface area (Å²) < 4.78 is 1.73. The van der Waals surface area contributed by atoms with Crippen molar-refractivity contribution in [3.05, 3.63) is 48.5 Å². The number of imidazole rings is 1. The molecule has 98 valence electrons. The van der Waals surface area contributed by atoms with Gasteiger partial charge in [-0.2, -0.15) is 0 Å². The fourth-order valence-electron chi connectivity index (χ4n) is 1.60. The zero-order chi connectivity index (χ0) is 13.8. The van der Waals surface area contributed by atoms with E-state index in [0.29, 0.717) is 10.7 Å². The van der Waals surface area contributed by atoms with Crippen molar-refractivity contribution in [3.8, 4) is 0 Å². The fourth-order valence-corrected chi connectivity index (χ4v) is 1.73. The van der Waals surface area contributed by atoms with Crippen LogP contribution < -0.4 is 11.1 Å². The Morgan fingerprint density at radius 1 is 1.42 bits per heavy atom. The highest BCUT2D eigenvalue weighted by molar-refractivity contribution is 7.80. The number of thiocarbonyl (C=S) groups is 1. The minimum atomic E-state index is -0.322. The van der Waals surface area contributed by atoms with E-state index in [4.69, 9.17) is 18.0 Å². The molecule has 3 N–H and O–H groups in total. The molecular formula is C13H14N4OS. The van der Waals surface area contributed by atoms with E-state index in [1.807, 2.05) is 0 Å². The number of hydrogen-bond acceptors (Lipinski definition) is 3. The highest BCUT2D eigenvalue weighted by Gasteiger charge is 2.14. The zero-order valence-electron chi connectivity index (χ0n) is 10.4. The van der Waals surface area contributed by atoms with Crippen LogP contribution >= 0.6 is 12.2 Å². The number of amides is 1. The van der Waals surface area contributed by atoms with E-state index >= 15 is 0 Å². The van der Waals surface area contributed by atoms with Gasteiger partial charge in [-0.05, 0) is 31.2 Å². The van der Waals surface area contributed by atoms with Crippen LogP contribution in [0, 0.1) is 0 Å². The highest BCUT2D eigenvalue weighted by Crippen LogP contribution is 2.13. The first-order valence-electron chi connectivity index (χ1n) is 5.76. The summed E-state index contributed by atoms with van der Waals surface area (Å²) in [5.41, 5.74) is 6.99. The lowest BCUT2D eigenvalue weighted by Crippen LogP contribution is -2.22. The molecule has 1 unspecified atom stereocenters. The number of benzene rings is 1. The van der Waals surface area contributed by atoms with Crippen LogP contribution in [0.15, 0.2) is 43.0 Å². The van der Waals surface area contributed by atoms with Crippen LogP contribution in [0.2, 0.25) is 0 Å². The molecule has 0 saturated heterocycles. The molecule has 0 aliphatic rings. The molecular weight excluding hydrogens is 260 g/mol. The second-order valence-electron chi connectivity index (χ2n) is 4.12. The van der Waals surface area contributed by atoms with Gasteiger partial charge >= 0.3 is 0 Å². The number of rotatable bonds is 4. The first-order chi connectivity index (χ1) is 9.08. The molecule has 0 saturated carbocycles. The molecule has 0 bridgehead atoms. The van der Waals surface area contributed by atoms with Gasteiger partial charge in [-0.25, -0.2) is 4.98 Å². The molecule has 19 heavy (non-hydrogen) atoms. The lowest BCUT2D eigenvalue weighted by atomic mass is 10.2. The van der Waals surface area contributed by atoms with Gasteiger partial charge in [0, 0.05) is 23.6 Å². The minimum Gasteiger partial charge on any atom is -0.389 e. The maximum Gasteiger partial charge on any atom is 0.247 e. The largest absolute Gasteiger partial charge is 0.389 e. The summed E-state index contributed by atoms with van der Waals surface area (Å²) >= 11 is 4.87. The lowest BCUT2D eigenvalue weighted by Gasteiger charge is -2.13. The van der Waals surface area contributed by atoms with Gasteiger partial charge in [0.2, 0.25) is 5.91 Å². The van der Waals surface area contributed by atoms with Gasteiger partial charge in [-0.1, -0.05) is 12.2 Å². The number of aromatic nitrogens is 2. The Balaban J connectivity index is 2.04. The molecule has 2 aromatic rings. The van der Waals surface area contributed by atoms with Crippen LogP contribution in [0.25, 0.3) is 0 Å². The fraction of sp³-hybridized carbons (Fsp3) is 0.154. The van der Waals surface area contributed by atoms with E-state index in [-0.39, 0.29) is 11.9 Å². The van der Waals surface area contributed by atoms with Gasteiger partial charge in [-0.15, -0.1) is 0 Å². The van der Waals surface area contributed by atoms with Crippen LogP contribution in [-0.4, -0.2) is 20.4 Å². The van der Waals surface area contributed by atoms with Crippen molar-refractivity contribution in [2.45, 2.75) is 13.0 Å². The summed E-state index contributed by atoms with van der Waals surface area (Å²) in [7, 11) is 0. The van der Waals surface area contributed by atoms with Gasteiger partial charge in [0.1, 0.15) is 11.0 Å². The van der Waals surface area contributed by atoms with Gasteiger partial charge in [0.15, 0.2) is 0 Å². The molecule has 1 atom stereocenters. The maximum absolute atomic E-state index is 12.0. The zero-order valence-corrected chi connectivity index (χ0v) is 11.2. The topological polar surface area (TPSA) is 72.9 Å². The third-order valence-corrected chi connectivity index (χ3v) is 3.02. The smallest absolute Gasteiger partial charge is 0.247 e. The predicted octanol–water partition coefficient (Wildman–Crippen LogP) is 1.72. The predicted molar refractivity (Wildman–Crippen MR) is 77.9 cm³/mol. The Kier molecular flexibility index (Phi) is 3.91. The van der Waals surface area contributed by atoms with Gasteiger partial charge in [0.05, 0.1) is 6.33 Å². The second-order valence-corrected chi connectivity index (χ2v) is 4.56. The van der Waals surface area contributed by atoms with Gasteiger partial charge in [-0.3, -0.25) is 4.79 Å². The molecule has 1 heterocycles. The summed E-state index contributed by atoms with van der Waals surface area (Å²) in [5, 5.41) is 2.82. The number of carbonyl (C=O) groups is 1. The van der Waals surface area contributed by atoms with Crippen LogP contribution in [0.1, 0.15) is 18.5 Å². The Morgan fingerprint density at radius 2 is 2.11 bits per heavy atom. The van der Waals surface area contributed by atoms with Crippen molar-refractivity contribution in [2.75, 3.05) is 5.32 Å². The van der Waals surface area contributed by atoms with E-state index in [2.05, 4.69) is 10.3 Å². The van der Waals surface area contributed by atoms with E-state index in [1.165, 1.54) is 0 Å². The van der Waals surface area contributed by atoms with Gasteiger partial charge in [0.25, 0.3) is 0 Å². The molecule has 1 aromatic heterocycles. The molecule has 0 aliphatic heterocycles. The maximum atomic E-state index is 12.0. The number of nitrogens with one attached hydrogen (secondary N) is 1. The number of nitrogens with zero attached hydrogens (tertiary/aromatic N) is 2. The molecule has 2 rings (SSSR count). The number of anilines is 1. The molecule has 0 radical (unpaired) electrons. The van der Waals surface area contributed by atoms with Crippen molar-refractivity contribution in [1.29, 1.82) is 0 Å². The minimum absolute atomic E-state index is 0.110. The number of nitrogens with two attached hydrogens (primary N) is 1. The van der Waals surface area contributed by atoms with E-state index in [9.17, 15) is 4.79 Å². The molecule has 0 fully saturated rings. The highest BCUT2D eigenvalue weighted by atomic mass is 32.1. The SMILES string of the molecule is CC(C(=O)Nc1ccc(C(N)=S)cc1)n1ccnc1. The van der Waals surface area contributed by atoms with Crippen molar-refractivity contribution < 1.29 is 4.79 Å². The van der Waals surface area contributed by atoms with E-state index < -0.39 is 0 Å². The first-order valence-corrected chi connectivity index (χ1v) is 6.17. The van der Waals surface area contributed by atoms with E-state index in [0.717, 1.165) is 5.56 Å². The second kappa shape index (κ2) is 5.62. The average Bonchev–Trinajstić information content (AvgIpc) is 2.92. The van der Waals surface area contributed by atoms with Crippen molar-refractivity contribution in [3.63, 3.8) is 0 Å². The summed E-state index contributed by atoms with van der Waals surface area (Å²) in [4.78, 5) is 16.3. The molecule has 0 spiro atoms. The summed E-state index contributed by atoms with van der Waals surface area (Å²) in [6, 6.07) is 6.78. The molecule has 5 nitrogen and oxygen atoms in total. The monoisotopic (exact) mass is 274 g/mol. The summed E-state index contributed by atoms with van der Waals surface area (Å²) in [5.74, 6) is -0.110. The lowest BCUT2D eigenvalue weighted by molar-refractivity contribution is -0.118. The molecule has 1 amide bonds. The summed E-state index contributed by atoms with van der Waals surface area (Å²) in [6.45, 7) is 1.81. The Bertz CT molecular complexity index is 577. The molecule has 6 heteroatoms. The Hall–Kier alpha value is -2.21. The van der Waals surface area contributed by atoms with Crippen molar-refractivity contribution >= 4 is 28.8 Å².